The second-order valence-corrected chi connectivity index (χ2v) is 3.82. The van der Waals surface area contributed by atoms with Gasteiger partial charge in [0.05, 0.1) is 6.20 Å². The number of benzene rings is 1. The molecule has 1 aromatic carbocycles. The van der Waals surface area contributed by atoms with Crippen LogP contribution >= 0.6 is 11.6 Å². The minimum atomic E-state index is -0.285. The van der Waals surface area contributed by atoms with E-state index >= 15 is 0 Å². The van der Waals surface area contributed by atoms with E-state index in [-0.39, 0.29) is 5.82 Å². The highest BCUT2D eigenvalue weighted by Crippen LogP contribution is 2.18. The molecule has 0 fully saturated rings. The molecule has 0 atom stereocenters. The molecule has 2 aromatic rings. The van der Waals surface area contributed by atoms with Crippen LogP contribution < -0.4 is 5.32 Å². The van der Waals surface area contributed by atoms with E-state index in [9.17, 15) is 4.39 Å². The average Bonchev–Trinajstić information content (AvgIpc) is 2.75. The Kier molecular flexibility index (Phi) is 3.54. The fourth-order valence-electron chi connectivity index (χ4n) is 1.41. The third-order valence-electron chi connectivity index (χ3n) is 2.25. The first-order valence-corrected chi connectivity index (χ1v) is 5.26. The van der Waals surface area contributed by atoms with Crippen molar-refractivity contribution in [3.8, 4) is 0 Å². The fraction of sp³-hybridized carbons (Fsp3) is 0.182. The normalized spacial score (nSPS) is 10.6. The molecule has 2 rings (SSSR count). The Hall–Kier alpha value is -1.39. The van der Waals surface area contributed by atoms with Crippen LogP contribution in [0.1, 0.15) is 11.1 Å². The second kappa shape index (κ2) is 5.09. The molecule has 1 aromatic heterocycles. The maximum atomic E-state index is 13.4. The molecule has 0 unspecified atom stereocenters. The van der Waals surface area contributed by atoms with E-state index in [1.54, 1.807) is 24.5 Å². The van der Waals surface area contributed by atoms with Crippen molar-refractivity contribution in [2.75, 3.05) is 0 Å². The Morgan fingerprint density at radius 2 is 2.25 bits per heavy atom. The zero-order valence-corrected chi connectivity index (χ0v) is 9.26. The van der Waals surface area contributed by atoms with Crippen LogP contribution in [0.2, 0.25) is 5.02 Å². The van der Waals surface area contributed by atoms with Crippen LogP contribution in [0, 0.1) is 5.82 Å². The molecule has 0 radical (unpaired) electrons. The van der Waals surface area contributed by atoms with Crippen molar-refractivity contribution in [3.05, 3.63) is 52.6 Å². The molecule has 0 bridgehead atoms. The van der Waals surface area contributed by atoms with Crippen LogP contribution in [0.15, 0.2) is 30.6 Å². The van der Waals surface area contributed by atoms with E-state index < -0.39 is 0 Å². The van der Waals surface area contributed by atoms with Crippen LogP contribution in [0.3, 0.4) is 0 Å². The third-order valence-corrected chi connectivity index (χ3v) is 2.60. The Morgan fingerprint density at radius 1 is 1.38 bits per heavy atom. The van der Waals surface area contributed by atoms with Crippen molar-refractivity contribution in [3.63, 3.8) is 0 Å². The van der Waals surface area contributed by atoms with E-state index in [0.717, 1.165) is 5.56 Å². The summed E-state index contributed by atoms with van der Waals surface area (Å²) in [7, 11) is 0. The molecule has 2 N–H and O–H groups in total. The van der Waals surface area contributed by atoms with Crippen LogP contribution in [0.5, 0.6) is 0 Å². The molecule has 0 aliphatic carbocycles. The molecule has 0 aliphatic heterocycles. The molecule has 3 nitrogen and oxygen atoms in total. The molecule has 0 aliphatic rings. The van der Waals surface area contributed by atoms with Gasteiger partial charge in [-0.25, -0.2) is 4.39 Å². The summed E-state index contributed by atoms with van der Waals surface area (Å²) in [4.78, 5) is 0. The van der Waals surface area contributed by atoms with Crippen molar-refractivity contribution in [2.24, 2.45) is 0 Å². The van der Waals surface area contributed by atoms with E-state index in [4.69, 9.17) is 11.6 Å². The smallest absolute Gasteiger partial charge is 0.129 e. The van der Waals surface area contributed by atoms with E-state index in [2.05, 4.69) is 15.5 Å². The highest BCUT2D eigenvalue weighted by Gasteiger charge is 2.05. The summed E-state index contributed by atoms with van der Waals surface area (Å²) in [6.07, 6.45) is 3.51. The van der Waals surface area contributed by atoms with Crippen molar-refractivity contribution >= 4 is 11.6 Å². The first kappa shape index (κ1) is 11.1. The van der Waals surface area contributed by atoms with Gasteiger partial charge in [-0.1, -0.05) is 17.7 Å². The highest BCUT2D eigenvalue weighted by atomic mass is 35.5. The summed E-state index contributed by atoms with van der Waals surface area (Å²) < 4.78 is 13.4. The van der Waals surface area contributed by atoms with Crippen LogP contribution in [-0.4, -0.2) is 10.2 Å². The van der Waals surface area contributed by atoms with Gasteiger partial charge in [-0.15, -0.1) is 0 Å². The number of halogens is 2. The zero-order valence-electron chi connectivity index (χ0n) is 8.50. The fourth-order valence-corrected chi connectivity index (χ4v) is 1.64. The lowest BCUT2D eigenvalue weighted by atomic mass is 10.2. The van der Waals surface area contributed by atoms with Gasteiger partial charge < -0.3 is 5.32 Å². The minimum Gasteiger partial charge on any atom is -0.308 e. The molecule has 0 amide bonds. The predicted octanol–water partition coefficient (Wildman–Crippen LogP) is 2.49. The molecule has 1 heterocycles. The maximum absolute atomic E-state index is 13.4. The first-order valence-electron chi connectivity index (χ1n) is 4.88. The van der Waals surface area contributed by atoms with Gasteiger partial charge in [0.1, 0.15) is 5.82 Å². The third kappa shape index (κ3) is 2.59. The highest BCUT2D eigenvalue weighted by molar-refractivity contribution is 6.31. The Balaban J connectivity index is 1.95. The largest absolute Gasteiger partial charge is 0.308 e. The zero-order chi connectivity index (χ0) is 11.4. The molecule has 0 saturated carbocycles. The van der Waals surface area contributed by atoms with Crippen molar-refractivity contribution in [1.82, 2.24) is 15.5 Å². The second-order valence-electron chi connectivity index (χ2n) is 3.41. The summed E-state index contributed by atoms with van der Waals surface area (Å²) in [5, 5.41) is 10.1. The van der Waals surface area contributed by atoms with E-state index in [0.29, 0.717) is 23.7 Å². The molecular formula is C11H11ClFN3. The summed E-state index contributed by atoms with van der Waals surface area (Å²) in [5.41, 5.74) is 1.51. The SMILES string of the molecule is Fc1cccc(Cl)c1CNCc1cn[nH]c1. The van der Waals surface area contributed by atoms with Crippen LogP contribution in [0.4, 0.5) is 4.39 Å². The van der Waals surface area contributed by atoms with Crippen molar-refractivity contribution in [2.45, 2.75) is 13.1 Å². The average molecular weight is 240 g/mol. The van der Waals surface area contributed by atoms with Crippen LogP contribution in [0.25, 0.3) is 0 Å². The van der Waals surface area contributed by atoms with Gasteiger partial charge in [-0.05, 0) is 12.1 Å². The number of nitrogens with zero attached hydrogens (tertiary/aromatic N) is 1. The van der Waals surface area contributed by atoms with Crippen LogP contribution in [-0.2, 0) is 13.1 Å². The number of hydrogen-bond acceptors (Lipinski definition) is 2. The number of aromatic amines is 1. The molecule has 0 saturated heterocycles. The maximum Gasteiger partial charge on any atom is 0.129 e. The Morgan fingerprint density at radius 3 is 2.94 bits per heavy atom. The molecule has 16 heavy (non-hydrogen) atoms. The van der Waals surface area contributed by atoms with Gasteiger partial charge in [0.25, 0.3) is 0 Å². The lowest BCUT2D eigenvalue weighted by Gasteiger charge is -2.06. The predicted molar refractivity (Wildman–Crippen MR) is 60.5 cm³/mol. The number of aromatic nitrogens is 2. The molecule has 84 valence electrons. The van der Waals surface area contributed by atoms with Gasteiger partial charge in [-0.3, -0.25) is 5.10 Å². The Labute approximate surface area is 97.6 Å². The summed E-state index contributed by atoms with van der Waals surface area (Å²) >= 11 is 5.89. The first-order chi connectivity index (χ1) is 7.77. The van der Waals surface area contributed by atoms with Gasteiger partial charge in [0.2, 0.25) is 0 Å². The summed E-state index contributed by atoms with van der Waals surface area (Å²) in [6, 6.07) is 4.68. The number of nitrogens with one attached hydrogen (secondary N) is 2. The molecule has 5 heteroatoms. The van der Waals surface area contributed by atoms with E-state index in [1.165, 1.54) is 6.07 Å². The quantitative estimate of drug-likeness (QED) is 0.861. The van der Waals surface area contributed by atoms with Crippen molar-refractivity contribution < 1.29 is 4.39 Å². The standard InChI is InChI=1S/C11H11ClFN3/c12-10-2-1-3-11(13)9(10)7-14-4-8-5-15-16-6-8/h1-3,5-6,14H,4,7H2,(H,15,16). The minimum absolute atomic E-state index is 0.285. The van der Waals surface area contributed by atoms with Crippen molar-refractivity contribution in [1.29, 1.82) is 0 Å². The van der Waals surface area contributed by atoms with Gasteiger partial charge in [-0.2, -0.15) is 5.10 Å². The molecular weight excluding hydrogens is 229 g/mol. The summed E-state index contributed by atoms with van der Waals surface area (Å²) in [5.74, 6) is -0.285. The monoisotopic (exact) mass is 239 g/mol. The Bertz CT molecular complexity index is 436. The van der Waals surface area contributed by atoms with E-state index in [1.807, 2.05) is 0 Å². The van der Waals surface area contributed by atoms with Gasteiger partial charge in [0.15, 0.2) is 0 Å². The lowest BCUT2D eigenvalue weighted by molar-refractivity contribution is 0.588. The number of hydrogen-bond donors (Lipinski definition) is 2. The lowest BCUT2D eigenvalue weighted by Crippen LogP contribution is -2.13. The number of H-pyrrole nitrogens is 1. The molecule has 0 spiro atoms. The van der Waals surface area contributed by atoms with Gasteiger partial charge in [0, 0.05) is 35.4 Å². The topological polar surface area (TPSA) is 40.7 Å². The number of rotatable bonds is 4. The summed E-state index contributed by atoms with van der Waals surface area (Å²) in [6.45, 7) is 1.03. The van der Waals surface area contributed by atoms with Gasteiger partial charge >= 0.3 is 0 Å².